The van der Waals surface area contributed by atoms with E-state index in [0.717, 1.165) is 12.8 Å². The highest BCUT2D eigenvalue weighted by Gasteiger charge is 2.48. The van der Waals surface area contributed by atoms with Crippen LogP contribution < -0.4 is 0 Å². The van der Waals surface area contributed by atoms with Gasteiger partial charge in [0.25, 0.3) is 0 Å². The predicted molar refractivity (Wildman–Crippen MR) is 104 cm³/mol. The molecule has 0 spiro atoms. The zero-order valence-corrected chi connectivity index (χ0v) is 18.4. The Balaban J connectivity index is 3.06. The van der Waals surface area contributed by atoms with Crippen LogP contribution in [0.4, 0.5) is 4.79 Å². The summed E-state index contributed by atoms with van der Waals surface area (Å²) >= 11 is 0. The second-order valence-corrected chi connectivity index (χ2v) is 12.9. The molecule has 1 rings (SSSR count). The topological polar surface area (TPSA) is 81.9 Å². The molecule has 1 heterocycles. The lowest BCUT2D eigenvalue weighted by atomic mass is 10.0. The Morgan fingerprint density at radius 3 is 2.35 bits per heavy atom. The van der Waals surface area contributed by atoms with E-state index in [1.54, 1.807) is 11.1 Å². The van der Waals surface area contributed by atoms with Gasteiger partial charge in [-0.2, -0.15) is 5.06 Å². The van der Waals surface area contributed by atoms with Crippen molar-refractivity contribution in [3.05, 3.63) is 21.9 Å². The summed E-state index contributed by atoms with van der Waals surface area (Å²) in [7, 11) is -2.92. The lowest BCUT2D eigenvalue weighted by molar-refractivity contribution is -0.425. The molecular weight excluding hydrogens is 352 g/mol. The third kappa shape index (κ3) is 7.17. The normalized spacial score (nSPS) is 22.2. The summed E-state index contributed by atoms with van der Waals surface area (Å²) in [5.74, 6) is 0. The van der Waals surface area contributed by atoms with Crippen molar-refractivity contribution in [2.75, 3.05) is 6.54 Å². The summed E-state index contributed by atoms with van der Waals surface area (Å²) in [6.07, 6.45) is 3.27. The number of hydrogen-bond donors (Lipinski definition) is 0. The fraction of sp³-hybridized carbons (Fsp3) is 0.833. The number of nitrogens with zero attached hydrogens (tertiary/aromatic N) is 2. The Morgan fingerprint density at radius 2 is 1.88 bits per heavy atom. The van der Waals surface area contributed by atoms with E-state index < -0.39 is 18.8 Å². The van der Waals surface area contributed by atoms with Gasteiger partial charge in [-0.1, -0.05) is 20.8 Å². The van der Waals surface area contributed by atoms with Gasteiger partial charge in [-0.05, 0) is 51.6 Å². The smallest absolute Gasteiger partial charge is 0.340 e. The Morgan fingerprint density at radius 1 is 1.31 bits per heavy atom. The molecule has 0 aromatic carbocycles. The van der Waals surface area contributed by atoms with Crippen molar-refractivity contribution in [3.63, 3.8) is 0 Å². The first-order chi connectivity index (χ1) is 11.6. The number of rotatable bonds is 6. The monoisotopic (exact) mass is 386 g/mol. The molecule has 150 valence electrons. The molecule has 1 aliphatic rings. The van der Waals surface area contributed by atoms with Crippen LogP contribution in [0.1, 0.15) is 61.3 Å². The van der Waals surface area contributed by atoms with E-state index in [2.05, 4.69) is 20.8 Å². The first-order valence-corrected chi connectivity index (χ1v) is 11.8. The molecular formula is C18H34N2O5Si. The molecule has 2 atom stereocenters. The molecule has 1 fully saturated rings. The van der Waals surface area contributed by atoms with Crippen LogP contribution in [0, 0.1) is 15.5 Å². The number of ether oxygens (including phenoxy) is 1. The number of hydrogen-bond acceptors (Lipinski definition) is 6. The van der Waals surface area contributed by atoms with Gasteiger partial charge in [0, 0.05) is 19.5 Å². The Kier molecular flexibility index (Phi) is 7.17. The van der Waals surface area contributed by atoms with E-state index >= 15 is 0 Å². The molecule has 0 aromatic rings. The average molecular weight is 387 g/mol. The molecule has 0 aromatic heterocycles. The minimum absolute atomic E-state index is 0.0975. The van der Waals surface area contributed by atoms with E-state index in [0.29, 0.717) is 12.6 Å². The van der Waals surface area contributed by atoms with Gasteiger partial charge in [-0.15, -0.1) is 0 Å². The molecule has 8 heteroatoms. The minimum atomic E-state index is -2.92. The van der Waals surface area contributed by atoms with Crippen LogP contribution in [0.5, 0.6) is 0 Å². The standard InChI is InChI=1S/C18H34N2O5Si/c1-14(20(22)23)12-15-10-9-11-19(15)25-26(8,13-17(2,3)4)16(21)24-18(5,6)7/h12,15H,9-11,13H2,1-8H3/b14-12+. The van der Waals surface area contributed by atoms with Gasteiger partial charge >= 0.3 is 13.9 Å². The summed E-state index contributed by atoms with van der Waals surface area (Å²) in [4.78, 5) is 23.5. The van der Waals surface area contributed by atoms with E-state index in [-0.39, 0.29) is 22.7 Å². The molecule has 0 aliphatic carbocycles. The molecule has 2 unspecified atom stereocenters. The summed E-state index contributed by atoms with van der Waals surface area (Å²) in [5.41, 5.74) is -0.860. The highest BCUT2D eigenvalue weighted by atomic mass is 28.4. The molecule has 26 heavy (non-hydrogen) atoms. The van der Waals surface area contributed by atoms with E-state index in [1.807, 2.05) is 27.3 Å². The average Bonchev–Trinajstić information content (AvgIpc) is 2.81. The first-order valence-electron chi connectivity index (χ1n) is 9.15. The highest BCUT2D eigenvalue weighted by molar-refractivity contribution is 6.99. The Bertz CT molecular complexity index is 565. The molecule has 0 N–H and O–H groups in total. The molecule has 7 nitrogen and oxygen atoms in total. The fourth-order valence-corrected chi connectivity index (χ4v) is 6.76. The van der Waals surface area contributed by atoms with Crippen LogP contribution in [0.25, 0.3) is 0 Å². The maximum atomic E-state index is 12.9. The first kappa shape index (κ1) is 22.8. The zero-order chi connectivity index (χ0) is 20.3. The van der Waals surface area contributed by atoms with Crippen molar-refractivity contribution in [3.8, 4) is 0 Å². The van der Waals surface area contributed by atoms with Gasteiger partial charge < -0.3 is 9.26 Å². The van der Waals surface area contributed by atoms with Crippen LogP contribution in [0.3, 0.4) is 0 Å². The number of nitro groups is 1. The molecule has 1 saturated heterocycles. The van der Waals surface area contributed by atoms with Crippen molar-refractivity contribution in [2.45, 2.75) is 85.5 Å². The van der Waals surface area contributed by atoms with Gasteiger partial charge in [-0.25, -0.2) is 0 Å². The van der Waals surface area contributed by atoms with Gasteiger partial charge in [0.2, 0.25) is 5.70 Å². The molecule has 0 bridgehead atoms. The van der Waals surface area contributed by atoms with Crippen LogP contribution in [0.2, 0.25) is 12.6 Å². The quantitative estimate of drug-likeness (QED) is 0.374. The van der Waals surface area contributed by atoms with E-state index in [1.165, 1.54) is 6.92 Å². The highest BCUT2D eigenvalue weighted by Crippen LogP contribution is 2.33. The van der Waals surface area contributed by atoms with E-state index in [9.17, 15) is 14.9 Å². The number of carbonyl (C=O) groups excluding carboxylic acids is 1. The van der Waals surface area contributed by atoms with Gasteiger partial charge in [0.1, 0.15) is 5.60 Å². The third-order valence-corrected chi connectivity index (χ3v) is 7.33. The SMILES string of the molecule is C/C(=C\C1CCCN1O[Si](C)(CC(C)(C)C)C(=O)OC(C)(C)C)[N+](=O)[O-]. The third-order valence-electron chi connectivity index (χ3n) is 3.99. The summed E-state index contributed by atoms with van der Waals surface area (Å²) < 4.78 is 12.0. The predicted octanol–water partition coefficient (Wildman–Crippen LogP) is 4.70. The molecule has 0 radical (unpaired) electrons. The van der Waals surface area contributed by atoms with Gasteiger partial charge in [0.05, 0.1) is 11.0 Å². The van der Waals surface area contributed by atoms with Crippen LogP contribution >= 0.6 is 0 Å². The lowest BCUT2D eigenvalue weighted by Crippen LogP contribution is -2.54. The maximum absolute atomic E-state index is 12.9. The van der Waals surface area contributed by atoms with Crippen molar-refractivity contribution in [1.82, 2.24) is 5.06 Å². The second kappa shape index (κ2) is 8.18. The van der Waals surface area contributed by atoms with E-state index in [4.69, 9.17) is 9.26 Å². The van der Waals surface area contributed by atoms with Gasteiger partial charge in [-0.3, -0.25) is 14.9 Å². The Labute approximate surface area is 158 Å². The van der Waals surface area contributed by atoms with Crippen molar-refractivity contribution < 1.29 is 19.0 Å². The van der Waals surface area contributed by atoms with Crippen molar-refractivity contribution in [1.29, 1.82) is 0 Å². The summed E-state index contributed by atoms with van der Waals surface area (Å²) in [6, 6.07) is 0.422. The maximum Gasteiger partial charge on any atom is 0.340 e. The minimum Gasteiger partial charge on any atom is -0.462 e. The second-order valence-electron chi connectivity index (χ2n) is 9.48. The summed E-state index contributed by atoms with van der Waals surface area (Å²) in [6.45, 7) is 15.8. The number of carbonyl (C=O) groups is 1. The summed E-state index contributed by atoms with van der Waals surface area (Å²) in [5, 5.41) is 12.7. The molecule has 0 amide bonds. The van der Waals surface area contributed by atoms with Gasteiger partial charge in [0.15, 0.2) is 0 Å². The molecule has 0 saturated carbocycles. The van der Waals surface area contributed by atoms with Crippen molar-refractivity contribution in [2.24, 2.45) is 5.41 Å². The van der Waals surface area contributed by atoms with Crippen LogP contribution in [-0.4, -0.2) is 42.1 Å². The number of allylic oxidation sites excluding steroid dienone is 1. The Hall–Kier alpha value is -1.25. The molecule has 1 aliphatic heterocycles. The van der Waals surface area contributed by atoms with Crippen LogP contribution in [0.15, 0.2) is 11.8 Å². The largest absolute Gasteiger partial charge is 0.462 e. The fourth-order valence-electron chi connectivity index (χ4n) is 3.18. The van der Waals surface area contributed by atoms with Crippen molar-refractivity contribution >= 4 is 13.9 Å². The van der Waals surface area contributed by atoms with Crippen LogP contribution in [-0.2, 0) is 9.26 Å². The zero-order valence-electron chi connectivity index (χ0n) is 17.4. The number of hydroxylamine groups is 2. The lowest BCUT2D eigenvalue weighted by Gasteiger charge is -2.37.